The summed E-state index contributed by atoms with van der Waals surface area (Å²) in [4.78, 5) is 8.89. The maximum absolute atomic E-state index is 6.05. The molecule has 0 bridgehead atoms. The highest BCUT2D eigenvalue weighted by atomic mass is 35.5. The Hall–Kier alpha value is -1.81. The smallest absolute Gasteiger partial charge is 0.139 e. The van der Waals surface area contributed by atoms with Gasteiger partial charge in [-0.25, -0.2) is 9.97 Å². The van der Waals surface area contributed by atoms with E-state index in [0.29, 0.717) is 5.02 Å². The second-order valence-electron chi connectivity index (χ2n) is 4.71. The summed E-state index contributed by atoms with van der Waals surface area (Å²) >= 11 is 6.05. The molecule has 0 unspecified atom stereocenters. The number of nitrogens with zero attached hydrogens (tertiary/aromatic N) is 2. The van der Waals surface area contributed by atoms with Crippen molar-refractivity contribution in [2.75, 3.05) is 17.2 Å². The first-order chi connectivity index (χ1) is 9.51. The molecule has 0 aliphatic heterocycles. The van der Waals surface area contributed by atoms with Gasteiger partial charge in [0, 0.05) is 22.8 Å². The van der Waals surface area contributed by atoms with Crippen molar-refractivity contribution in [3.63, 3.8) is 0 Å². The normalized spacial score (nSPS) is 10.4. The van der Waals surface area contributed by atoms with Gasteiger partial charge in [0.1, 0.15) is 17.5 Å². The molecule has 0 saturated carbocycles. The van der Waals surface area contributed by atoms with E-state index in [2.05, 4.69) is 20.6 Å². The van der Waals surface area contributed by atoms with Crippen LogP contribution in [-0.4, -0.2) is 16.5 Å². The molecule has 0 atom stereocenters. The lowest BCUT2D eigenvalue weighted by molar-refractivity contribution is 1.02. The Kier molecular flexibility index (Phi) is 4.45. The Morgan fingerprint density at radius 2 is 1.80 bits per heavy atom. The van der Waals surface area contributed by atoms with E-state index >= 15 is 0 Å². The zero-order valence-corrected chi connectivity index (χ0v) is 13.0. The minimum absolute atomic E-state index is 0.702. The molecule has 1 aromatic heterocycles. The van der Waals surface area contributed by atoms with Gasteiger partial charge in [-0.1, -0.05) is 17.7 Å². The minimum Gasteiger partial charge on any atom is -0.370 e. The summed E-state index contributed by atoms with van der Waals surface area (Å²) in [6, 6.07) is 5.77. The van der Waals surface area contributed by atoms with Crippen LogP contribution in [0.3, 0.4) is 0 Å². The van der Waals surface area contributed by atoms with Gasteiger partial charge in [0.25, 0.3) is 0 Å². The maximum Gasteiger partial charge on any atom is 0.139 e. The molecule has 0 saturated heterocycles. The molecule has 1 aromatic carbocycles. The van der Waals surface area contributed by atoms with Crippen molar-refractivity contribution in [2.24, 2.45) is 0 Å². The van der Waals surface area contributed by atoms with Crippen LogP contribution in [0.15, 0.2) is 18.2 Å². The molecular formula is C15H19ClN4. The van der Waals surface area contributed by atoms with E-state index in [-0.39, 0.29) is 0 Å². The predicted molar refractivity (Wildman–Crippen MR) is 85.1 cm³/mol. The van der Waals surface area contributed by atoms with Crippen LogP contribution in [0.2, 0.25) is 5.02 Å². The van der Waals surface area contributed by atoms with Gasteiger partial charge in [-0.05, 0) is 45.4 Å². The van der Waals surface area contributed by atoms with Gasteiger partial charge >= 0.3 is 0 Å². The molecule has 20 heavy (non-hydrogen) atoms. The lowest BCUT2D eigenvalue weighted by atomic mass is 10.2. The summed E-state index contributed by atoms with van der Waals surface area (Å²) in [6.45, 7) is 8.79. The second-order valence-corrected chi connectivity index (χ2v) is 5.14. The lowest BCUT2D eigenvalue weighted by Gasteiger charge is -2.15. The van der Waals surface area contributed by atoms with Crippen LogP contribution < -0.4 is 10.6 Å². The minimum atomic E-state index is 0.702. The van der Waals surface area contributed by atoms with Crippen molar-refractivity contribution in [3.05, 3.63) is 40.2 Å². The number of rotatable bonds is 4. The van der Waals surface area contributed by atoms with E-state index in [1.165, 1.54) is 0 Å². The molecule has 0 radical (unpaired) electrons. The summed E-state index contributed by atoms with van der Waals surface area (Å²) in [6.07, 6.45) is 0. The molecule has 5 heteroatoms. The highest BCUT2D eigenvalue weighted by molar-refractivity contribution is 6.30. The van der Waals surface area contributed by atoms with Gasteiger partial charge in [0.05, 0.1) is 0 Å². The Bertz CT molecular complexity index is 626. The van der Waals surface area contributed by atoms with Crippen LogP contribution in [-0.2, 0) is 0 Å². The van der Waals surface area contributed by atoms with E-state index in [9.17, 15) is 0 Å². The summed E-state index contributed by atoms with van der Waals surface area (Å²) in [5.74, 6) is 2.40. The number of aryl methyl sites for hydroxylation is 2. The third-order valence-corrected chi connectivity index (χ3v) is 3.29. The first-order valence-electron chi connectivity index (χ1n) is 6.63. The maximum atomic E-state index is 6.05. The van der Waals surface area contributed by atoms with Crippen LogP contribution in [0.25, 0.3) is 0 Å². The van der Waals surface area contributed by atoms with Crippen LogP contribution in [0, 0.1) is 20.8 Å². The number of aromatic nitrogens is 2. The van der Waals surface area contributed by atoms with Gasteiger partial charge in [-0.3, -0.25) is 0 Å². The number of benzene rings is 1. The van der Waals surface area contributed by atoms with Crippen LogP contribution in [0.1, 0.15) is 23.9 Å². The van der Waals surface area contributed by atoms with Crippen LogP contribution in [0.5, 0.6) is 0 Å². The Morgan fingerprint density at radius 1 is 1.10 bits per heavy atom. The van der Waals surface area contributed by atoms with E-state index in [1.54, 1.807) is 0 Å². The third-order valence-electron chi connectivity index (χ3n) is 3.05. The van der Waals surface area contributed by atoms with Crippen molar-refractivity contribution in [1.82, 2.24) is 9.97 Å². The average Bonchev–Trinajstić information content (AvgIpc) is 2.39. The zero-order chi connectivity index (χ0) is 14.7. The van der Waals surface area contributed by atoms with Gasteiger partial charge < -0.3 is 10.6 Å². The predicted octanol–water partition coefficient (Wildman–Crippen LogP) is 4.23. The highest BCUT2D eigenvalue weighted by Gasteiger charge is 2.10. The Labute approximate surface area is 124 Å². The molecule has 2 N–H and O–H groups in total. The highest BCUT2D eigenvalue weighted by Crippen LogP contribution is 2.27. The molecule has 1 heterocycles. The third kappa shape index (κ3) is 3.20. The number of nitrogens with one attached hydrogen (secondary N) is 2. The van der Waals surface area contributed by atoms with Gasteiger partial charge in [-0.15, -0.1) is 0 Å². The fourth-order valence-electron chi connectivity index (χ4n) is 1.95. The Morgan fingerprint density at radius 3 is 2.50 bits per heavy atom. The molecule has 0 spiro atoms. The van der Waals surface area contributed by atoms with E-state index < -0.39 is 0 Å². The number of hydrogen-bond donors (Lipinski definition) is 2. The average molecular weight is 291 g/mol. The quantitative estimate of drug-likeness (QED) is 0.885. The van der Waals surface area contributed by atoms with E-state index in [0.717, 1.165) is 40.8 Å². The SMILES string of the molecule is CCNc1nc(C)nc(Nc2cc(Cl)ccc2C)c1C. The molecule has 0 aliphatic rings. The van der Waals surface area contributed by atoms with Crippen molar-refractivity contribution in [2.45, 2.75) is 27.7 Å². The van der Waals surface area contributed by atoms with E-state index in [1.807, 2.05) is 45.9 Å². The summed E-state index contributed by atoms with van der Waals surface area (Å²) in [5, 5.41) is 7.30. The summed E-state index contributed by atoms with van der Waals surface area (Å²) in [5.41, 5.74) is 3.08. The zero-order valence-electron chi connectivity index (χ0n) is 12.2. The van der Waals surface area contributed by atoms with Crippen molar-refractivity contribution >= 4 is 28.9 Å². The number of anilines is 3. The fourth-order valence-corrected chi connectivity index (χ4v) is 2.12. The van der Waals surface area contributed by atoms with Crippen LogP contribution >= 0.6 is 11.6 Å². The van der Waals surface area contributed by atoms with E-state index in [4.69, 9.17) is 11.6 Å². The molecule has 106 valence electrons. The lowest BCUT2D eigenvalue weighted by Crippen LogP contribution is -2.08. The molecule has 0 fully saturated rings. The second kappa shape index (κ2) is 6.09. The molecule has 2 rings (SSSR count). The van der Waals surface area contributed by atoms with Gasteiger partial charge in [0.2, 0.25) is 0 Å². The van der Waals surface area contributed by atoms with Crippen molar-refractivity contribution < 1.29 is 0 Å². The summed E-state index contributed by atoms with van der Waals surface area (Å²) < 4.78 is 0. The molecule has 0 aliphatic carbocycles. The van der Waals surface area contributed by atoms with Gasteiger partial charge in [0.15, 0.2) is 0 Å². The number of hydrogen-bond acceptors (Lipinski definition) is 4. The number of halogens is 1. The van der Waals surface area contributed by atoms with Crippen molar-refractivity contribution in [3.8, 4) is 0 Å². The molecular weight excluding hydrogens is 272 g/mol. The molecule has 4 nitrogen and oxygen atoms in total. The first-order valence-corrected chi connectivity index (χ1v) is 7.01. The molecule has 2 aromatic rings. The summed E-state index contributed by atoms with van der Waals surface area (Å²) in [7, 11) is 0. The largest absolute Gasteiger partial charge is 0.370 e. The topological polar surface area (TPSA) is 49.8 Å². The fraction of sp³-hybridized carbons (Fsp3) is 0.333. The van der Waals surface area contributed by atoms with Crippen molar-refractivity contribution in [1.29, 1.82) is 0 Å². The standard InChI is InChI=1S/C15H19ClN4/c1-5-17-14-10(3)15(19-11(4)18-14)20-13-8-12(16)7-6-9(13)2/h6-8H,5H2,1-4H3,(H2,17,18,19,20). The first kappa shape index (κ1) is 14.6. The van der Waals surface area contributed by atoms with Gasteiger partial charge in [-0.2, -0.15) is 0 Å². The monoisotopic (exact) mass is 290 g/mol. The van der Waals surface area contributed by atoms with Crippen LogP contribution in [0.4, 0.5) is 17.3 Å². The molecule has 0 amide bonds. The Balaban J connectivity index is 2.40.